The van der Waals surface area contributed by atoms with E-state index in [1.807, 2.05) is 0 Å². The number of tetrazole rings is 1. The van der Waals surface area contributed by atoms with Crippen molar-refractivity contribution in [3.8, 4) is 5.69 Å². The first-order valence-electron chi connectivity index (χ1n) is 5.98. The average molecular weight is 301 g/mol. The minimum atomic E-state index is -0.318. The van der Waals surface area contributed by atoms with Crippen LogP contribution >= 0.6 is 11.6 Å². The van der Waals surface area contributed by atoms with Gasteiger partial charge in [0.15, 0.2) is 0 Å². The van der Waals surface area contributed by atoms with Crippen LogP contribution < -0.4 is 5.32 Å². The highest BCUT2D eigenvalue weighted by Crippen LogP contribution is 2.20. The first-order valence-corrected chi connectivity index (χ1v) is 6.36. The molecule has 0 unspecified atom stereocenters. The number of nitrogens with zero attached hydrogens (tertiary/aromatic N) is 5. The quantitative estimate of drug-likeness (QED) is 0.799. The van der Waals surface area contributed by atoms with Gasteiger partial charge in [0.05, 0.1) is 16.3 Å². The molecule has 1 N–H and O–H groups in total. The Morgan fingerprint density at radius 3 is 2.71 bits per heavy atom. The largest absolute Gasteiger partial charge is 0.322 e. The normalized spacial score (nSPS) is 10.3. The Hall–Kier alpha value is -2.80. The zero-order valence-corrected chi connectivity index (χ0v) is 11.4. The molecule has 0 saturated carbocycles. The van der Waals surface area contributed by atoms with Crippen molar-refractivity contribution in [1.82, 2.24) is 25.2 Å². The van der Waals surface area contributed by atoms with Crippen LogP contribution in [0.1, 0.15) is 10.4 Å². The second-order valence-electron chi connectivity index (χ2n) is 4.11. The Balaban J connectivity index is 1.91. The first kappa shape index (κ1) is 13.2. The van der Waals surface area contributed by atoms with Crippen LogP contribution in [0.15, 0.2) is 49.1 Å². The number of hydrogen-bond donors (Lipinski definition) is 1. The Kier molecular flexibility index (Phi) is 3.57. The number of amides is 1. The van der Waals surface area contributed by atoms with Crippen LogP contribution in [0.25, 0.3) is 5.69 Å². The maximum absolute atomic E-state index is 12.3. The molecule has 2 heterocycles. The molecular formula is C13H9ClN6O. The molecular weight excluding hydrogens is 292 g/mol. The van der Waals surface area contributed by atoms with Gasteiger partial charge in [-0.3, -0.25) is 9.78 Å². The van der Waals surface area contributed by atoms with Crippen LogP contribution in [0.2, 0.25) is 5.02 Å². The van der Waals surface area contributed by atoms with E-state index in [4.69, 9.17) is 11.6 Å². The van der Waals surface area contributed by atoms with E-state index in [0.29, 0.717) is 22.0 Å². The van der Waals surface area contributed by atoms with Gasteiger partial charge in [-0.1, -0.05) is 11.6 Å². The fourth-order valence-electron chi connectivity index (χ4n) is 1.74. The molecule has 7 nitrogen and oxygen atoms in total. The van der Waals surface area contributed by atoms with E-state index in [2.05, 4.69) is 25.8 Å². The van der Waals surface area contributed by atoms with Crippen LogP contribution in [0.4, 0.5) is 5.69 Å². The lowest BCUT2D eigenvalue weighted by molar-refractivity contribution is 0.102. The summed E-state index contributed by atoms with van der Waals surface area (Å²) in [6.07, 6.45) is 4.62. The highest BCUT2D eigenvalue weighted by atomic mass is 35.5. The maximum Gasteiger partial charge on any atom is 0.257 e. The molecule has 0 aliphatic heterocycles. The number of carbonyl (C=O) groups is 1. The lowest BCUT2D eigenvalue weighted by Gasteiger charge is -2.08. The third kappa shape index (κ3) is 2.87. The molecule has 1 aromatic carbocycles. The second-order valence-corrected chi connectivity index (χ2v) is 4.52. The molecule has 0 saturated heterocycles. The van der Waals surface area contributed by atoms with E-state index < -0.39 is 0 Å². The summed E-state index contributed by atoms with van der Waals surface area (Å²) in [5, 5.41) is 14.0. The van der Waals surface area contributed by atoms with E-state index in [-0.39, 0.29) is 5.91 Å². The van der Waals surface area contributed by atoms with Gasteiger partial charge in [0, 0.05) is 18.1 Å². The van der Waals surface area contributed by atoms with Crippen molar-refractivity contribution in [3.63, 3.8) is 0 Å². The number of aromatic nitrogens is 5. The molecule has 0 spiro atoms. The Labute approximate surface area is 124 Å². The summed E-state index contributed by atoms with van der Waals surface area (Å²) < 4.78 is 1.44. The van der Waals surface area contributed by atoms with Crippen LogP contribution in [0.3, 0.4) is 0 Å². The first-order chi connectivity index (χ1) is 10.2. The van der Waals surface area contributed by atoms with Gasteiger partial charge in [0.1, 0.15) is 6.33 Å². The molecule has 8 heteroatoms. The highest BCUT2D eigenvalue weighted by Gasteiger charge is 2.12. The van der Waals surface area contributed by atoms with E-state index >= 15 is 0 Å². The Morgan fingerprint density at radius 1 is 1.19 bits per heavy atom. The van der Waals surface area contributed by atoms with Crippen molar-refractivity contribution < 1.29 is 4.79 Å². The number of carbonyl (C=O) groups excluding carboxylic acids is 1. The van der Waals surface area contributed by atoms with Gasteiger partial charge in [-0.05, 0) is 40.8 Å². The molecule has 1 amide bonds. The van der Waals surface area contributed by atoms with Gasteiger partial charge < -0.3 is 5.32 Å². The molecule has 0 atom stereocenters. The summed E-state index contributed by atoms with van der Waals surface area (Å²) in [5.74, 6) is -0.318. The molecule has 0 radical (unpaired) electrons. The Bertz CT molecular complexity index is 760. The molecule has 0 fully saturated rings. The standard InChI is InChI=1S/C13H9ClN6O/c14-12-2-1-10(20-8-16-18-19-20)7-11(12)13(21)17-9-3-5-15-6-4-9/h1-8H,(H,15,17,21). The number of benzene rings is 1. The molecule has 2 aromatic heterocycles. The topological polar surface area (TPSA) is 85.6 Å². The number of nitrogens with one attached hydrogen (secondary N) is 1. The van der Waals surface area contributed by atoms with Gasteiger partial charge in [0.25, 0.3) is 5.91 Å². The van der Waals surface area contributed by atoms with E-state index in [9.17, 15) is 4.79 Å². The molecule has 3 aromatic rings. The van der Waals surface area contributed by atoms with Gasteiger partial charge in [-0.25, -0.2) is 4.68 Å². The van der Waals surface area contributed by atoms with Crippen LogP contribution in [0, 0.1) is 0 Å². The zero-order valence-electron chi connectivity index (χ0n) is 10.6. The minimum Gasteiger partial charge on any atom is -0.322 e. The monoisotopic (exact) mass is 300 g/mol. The summed E-state index contributed by atoms with van der Waals surface area (Å²) in [7, 11) is 0. The molecule has 0 aliphatic rings. The SMILES string of the molecule is O=C(Nc1ccncc1)c1cc(-n2cnnn2)ccc1Cl. The number of pyridine rings is 1. The average Bonchev–Trinajstić information content (AvgIpc) is 3.03. The number of rotatable bonds is 3. The maximum atomic E-state index is 12.3. The van der Waals surface area contributed by atoms with Crippen molar-refractivity contribution in [2.75, 3.05) is 5.32 Å². The van der Waals surface area contributed by atoms with Crippen molar-refractivity contribution in [2.24, 2.45) is 0 Å². The number of anilines is 1. The fraction of sp³-hybridized carbons (Fsp3) is 0. The smallest absolute Gasteiger partial charge is 0.257 e. The summed E-state index contributed by atoms with van der Waals surface area (Å²) >= 11 is 6.08. The molecule has 104 valence electrons. The molecule has 0 aliphatic carbocycles. The minimum absolute atomic E-state index is 0.318. The lowest BCUT2D eigenvalue weighted by Crippen LogP contribution is -2.13. The second kappa shape index (κ2) is 5.68. The van der Waals surface area contributed by atoms with Gasteiger partial charge in [-0.15, -0.1) is 5.10 Å². The van der Waals surface area contributed by atoms with Gasteiger partial charge in [0.2, 0.25) is 0 Å². The number of halogens is 1. The van der Waals surface area contributed by atoms with Gasteiger partial charge in [-0.2, -0.15) is 0 Å². The van der Waals surface area contributed by atoms with E-state index in [0.717, 1.165) is 0 Å². The summed E-state index contributed by atoms with van der Waals surface area (Å²) in [6.45, 7) is 0. The van der Waals surface area contributed by atoms with E-state index in [1.165, 1.54) is 11.0 Å². The molecule has 21 heavy (non-hydrogen) atoms. The third-order valence-electron chi connectivity index (χ3n) is 2.75. The predicted octanol–water partition coefficient (Wildman–Crippen LogP) is 1.96. The number of hydrogen-bond acceptors (Lipinski definition) is 5. The zero-order chi connectivity index (χ0) is 14.7. The van der Waals surface area contributed by atoms with Crippen molar-refractivity contribution in [2.45, 2.75) is 0 Å². The fourth-order valence-corrected chi connectivity index (χ4v) is 1.95. The van der Waals surface area contributed by atoms with Crippen LogP contribution in [-0.2, 0) is 0 Å². The lowest BCUT2D eigenvalue weighted by atomic mass is 10.2. The van der Waals surface area contributed by atoms with E-state index in [1.54, 1.807) is 42.7 Å². The van der Waals surface area contributed by atoms with Crippen LogP contribution in [0.5, 0.6) is 0 Å². The predicted molar refractivity (Wildman–Crippen MR) is 76.4 cm³/mol. The van der Waals surface area contributed by atoms with Crippen molar-refractivity contribution >= 4 is 23.2 Å². The highest BCUT2D eigenvalue weighted by molar-refractivity contribution is 6.34. The van der Waals surface area contributed by atoms with Crippen LogP contribution in [-0.4, -0.2) is 31.1 Å². The summed E-state index contributed by atoms with van der Waals surface area (Å²) in [5.41, 5.74) is 1.62. The summed E-state index contributed by atoms with van der Waals surface area (Å²) in [4.78, 5) is 16.2. The Morgan fingerprint density at radius 2 is 2.00 bits per heavy atom. The third-order valence-corrected chi connectivity index (χ3v) is 3.08. The summed E-state index contributed by atoms with van der Waals surface area (Å²) in [6, 6.07) is 8.35. The van der Waals surface area contributed by atoms with Gasteiger partial charge >= 0.3 is 0 Å². The molecule has 3 rings (SSSR count). The van der Waals surface area contributed by atoms with Crippen molar-refractivity contribution in [1.29, 1.82) is 0 Å². The molecule has 0 bridgehead atoms. The van der Waals surface area contributed by atoms with Crippen molar-refractivity contribution in [3.05, 3.63) is 59.6 Å².